The summed E-state index contributed by atoms with van der Waals surface area (Å²) in [5.41, 5.74) is -1.34. The van der Waals surface area contributed by atoms with E-state index in [1.165, 1.54) is 0 Å². The predicted octanol–water partition coefficient (Wildman–Crippen LogP) is 2.61. The average Bonchev–Trinajstić information content (AvgIpc) is 2.50. The minimum atomic E-state index is -2.31. The second kappa shape index (κ2) is 8.56. The van der Waals surface area contributed by atoms with Crippen LogP contribution in [0.3, 0.4) is 0 Å². The molecule has 0 bridgehead atoms. The van der Waals surface area contributed by atoms with E-state index in [1.807, 2.05) is 0 Å². The Morgan fingerprint density at radius 2 is 1.26 bits per heavy atom. The van der Waals surface area contributed by atoms with Crippen LogP contribution in [0, 0.1) is 29.1 Å². The first kappa shape index (κ1) is 21.0. The molecule has 1 aromatic rings. The van der Waals surface area contributed by atoms with E-state index in [9.17, 15) is 36.3 Å². The van der Waals surface area contributed by atoms with Crippen LogP contribution < -0.4 is 0 Å². The van der Waals surface area contributed by atoms with Gasteiger partial charge in [0.25, 0.3) is 0 Å². The summed E-state index contributed by atoms with van der Waals surface area (Å²) >= 11 is 2.68. The second-order valence-corrected chi connectivity index (χ2v) is 4.47. The standard InChI is InChI=1S/C9H5F5O2.C3H3BrO3/c1-2(9(15)16)3-4(10)6(12)8(14)7(13)5(3)11;4-1-2(5)3(6)7/h2H,1H3,(H,15,16);1H2,(H,6,7). The van der Waals surface area contributed by atoms with Crippen molar-refractivity contribution in [2.24, 2.45) is 0 Å². The molecule has 1 aromatic carbocycles. The molecule has 1 atom stereocenters. The number of rotatable bonds is 4. The number of carbonyl (C=O) groups is 3. The maximum atomic E-state index is 13.0. The van der Waals surface area contributed by atoms with Gasteiger partial charge in [0.15, 0.2) is 23.3 Å². The molecule has 1 rings (SSSR count). The molecule has 0 aliphatic carbocycles. The lowest BCUT2D eigenvalue weighted by Crippen LogP contribution is -2.15. The van der Waals surface area contributed by atoms with Gasteiger partial charge >= 0.3 is 11.9 Å². The van der Waals surface area contributed by atoms with Crippen molar-refractivity contribution >= 4 is 33.7 Å². The minimum Gasteiger partial charge on any atom is -0.481 e. The fourth-order valence-electron chi connectivity index (χ4n) is 1.18. The van der Waals surface area contributed by atoms with Gasteiger partial charge in [0.2, 0.25) is 11.6 Å². The Bertz CT molecular complexity index is 620. The van der Waals surface area contributed by atoms with E-state index in [0.29, 0.717) is 0 Å². The smallest absolute Gasteiger partial charge is 0.373 e. The molecule has 0 saturated carbocycles. The van der Waals surface area contributed by atoms with Gasteiger partial charge in [0.1, 0.15) is 0 Å². The summed E-state index contributed by atoms with van der Waals surface area (Å²) in [6.07, 6.45) is 0. The number of ketones is 1. The molecule has 0 radical (unpaired) electrons. The number of carbonyl (C=O) groups excluding carboxylic acids is 1. The van der Waals surface area contributed by atoms with Crippen molar-refractivity contribution < 1.29 is 46.5 Å². The number of Topliss-reactive ketones (excluding diaryl/α,β-unsaturated/α-hetero) is 1. The van der Waals surface area contributed by atoms with E-state index in [-0.39, 0.29) is 5.33 Å². The number of benzene rings is 1. The first-order chi connectivity index (χ1) is 10.5. The van der Waals surface area contributed by atoms with Crippen LogP contribution in [0.4, 0.5) is 22.0 Å². The fourth-order valence-corrected chi connectivity index (χ4v) is 1.42. The molecule has 5 nitrogen and oxygen atoms in total. The van der Waals surface area contributed by atoms with Crippen molar-refractivity contribution in [3.8, 4) is 0 Å². The number of hydrogen-bond donors (Lipinski definition) is 2. The van der Waals surface area contributed by atoms with Gasteiger partial charge in [-0.1, -0.05) is 15.9 Å². The van der Waals surface area contributed by atoms with Crippen molar-refractivity contribution in [1.82, 2.24) is 0 Å². The first-order valence-corrected chi connectivity index (χ1v) is 6.65. The summed E-state index contributed by atoms with van der Waals surface area (Å²) in [7, 11) is 0. The highest BCUT2D eigenvalue weighted by Crippen LogP contribution is 2.28. The van der Waals surface area contributed by atoms with Gasteiger partial charge in [-0.2, -0.15) is 0 Å². The zero-order chi connectivity index (χ0) is 18.5. The normalized spacial score (nSPS) is 11.3. The Hall–Kier alpha value is -2.04. The first-order valence-electron chi connectivity index (χ1n) is 5.53. The van der Waals surface area contributed by atoms with E-state index in [4.69, 9.17) is 10.2 Å². The highest BCUT2D eigenvalue weighted by atomic mass is 79.9. The Morgan fingerprint density at radius 1 is 0.913 bits per heavy atom. The molecular formula is C12H8BrF5O5. The zero-order valence-electron chi connectivity index (χ0n) is 11.2. The van der Waals surface area contributed by atoms with Crippen molar-refractivity contribution in [2.75, 3.05) is 5.33 Å². The van der Waals surface area contributed by atoms with Gasteiger partial charge in [-0.15, -0.1) is 0 Å². The topological polar surface area (TPSA) is 91.7 Å². The number of aliphatic carboxylic acids is 2. The number of carboxylic acids is 2. The lowest BCUT2D eigenvalue weighted by molar-refractivity contribution is -0.147. The van der Waals surface area contributed by atoms with Gasteiger partial charge < -0.3 is 10.2 Å². The molecule has 0 saturated heterocycles. The molecule has 128 valence electrons. The summed E-state index contributed by atoms with van der Waals surface area (Å²) in [6.45, 7) is 0.820. The highest BCUT2D eigenvalue weighted by Gasteiger charge is 2.31. The molecular weight excluding hydrogens is 399 g/mol. The largest absolute Gasteiger partial charge is 0.481 e. The maximum absolute atomic E-state index is 13.0. The monoisotopic (exact) mass is 406 g/mol. The SMILES string of the molecule is CC(C(=O)O)c1c(F)c(F)c(F)c(F)c1F.O=C(O)C(=O)CBr. The van der Waals surface area contributed by atoms with Crippen LogP contribution in [0.25, 0.3) is 0 Å². The van der Waals surface area contributed by atoms with Crippen LogP contribution in [0.2, 0.25) is 0 Å². The Balaban J connectivity index is 0.000000585. The van der Waals surface area contributed by atoms with Crippen LogP contribution in [-0.2, 0) is 14.4 Å². The second-order valence-electron chi connectivity index (χ2n) is 3.91. The van der Waals surface area contributed by atoms with Crippen LogP contribution in [0.5, 0.6) is 0 Å². The molecule has 0 aliphatic heterocycles. The summed E-state index contributed by atoms with van der Waals surface area (Å²) in [5.74, 6) is -16.6. The highest BCUT2D eigenvalue weighted by molar-refractivity contribution is 9.09. The Morgan fingerprint density at radius 3 is 1.48 bits per heavy atom. The lowest BCUT2D eigenvalue weighted by Gasteiger charge is -2.11. The van der Waals surface area contributed by atoms with E-state index in [1.54, 1.807) is 0 Å². The molecule has 1 unspecified atom stereocenters. The molecule has 0 fully saturated rings. The number of alkyl halides is 1. The van der Waals surface area contributed by atoms with Gasteiger partial charge in [0, 0.05) is 5.56 Å². The third-order valence-corrected chi connectivity index (χ3v) is 2.92. The van der Waals surface area contributed by atoms with E-state index in [2.05, 4.69) is 15.9 Å². The fraction of sp³-hybridized carbons (Fsp3) is 0.250. The number of hydrogen-bond acceptors (Lipinski definition) is 3. The molecule has 0 amide bonds. The lowest BCUT2D eigenvalue weighted by atomic mass is 9.99. The van der Waals surface area contributed by atoms with Gasteiger partial charge in [0.05, 0.1) is 11.2 Å². The van der Waals surface area contributed by atoms with Crippen LogP contribution in [0.1, 0.15) is 18.4 Å². The average molecular weight is 407 g/mol. The summed E-state index contributed by atoms with van der Waals surface area (Å²) in [4.78, 5) is 29.9. The zero-order valence-corrected chi connectivity index (χ0v) is 12.8. The number of carboxylic acid groups (broad SMARTS) is 2. The van der Waals surface area contributed by atoms with Crippen LogP contribution in [-0.4, -0.2) is 33.3 Å². The quantitative estimate of drug-likeness (QED) is 0.263. The molecule has 0 spiro atoms. The summed E-state index contributed by atoms with van der Waals surface area (Å²) < 4.78 is 64.0. The molecule has 23 heavy (non-hydrogen) atoms. The molecule has 2 N–H and O–H groups in total. The van der Waals surface area contributed by atoms with E-state index in [0.717, 1.165) is 6.92 Å². The van der Waals surface area contributed by atoms with Gasteiger partial charge in [-0.25, -0.2) is 26.7 Å². The summed E-state index contributed by atoms with van der Waals surface area (Å²) in [5, 5.41) is 16.2. The van der Waals surface area contributed by atoms with E-state index >= 15 is 0 Å². The molecule has 0 aliphatic rings. The van der Waals surface area contributed by atoms with Crippen molar-refractivity contribution in [3.05, 3.63) is 34.6 Å². The minimum absolute atomic E-state index is 0.109. The Labute approximate surface area is 133 Å². The van der Waals surface area contributed by atoms with Crippen LogP contribution >= 0.6 is 15.9 Å². The van der Waals surface area contributed by atoms with Crippen molar-refractivity contribution in [2.45, 2.75) is 12.8 Å². The number of halogens is 6. The van der Waals surface area contributed by atoms with Crippen molar-refractivity contribution in [1.29, 1.82) is 0 Å². The van der Waals surface area contributed by atoms with E-state index < -0.39 is 58.3 Å². The van der Waals surface area contributed by atoms with Gasteiger partial charge in [-0.05, 0) is 6.92 Å². The third-order valence-electron chi connectivity index (χ3n) is 2.41. The van der Waals surface area contributed by atoms with Gasteiger partial charge in [-0.3, -0.25) is 9.59 Å². The summed E-state index contributed by atoms with van der Waals surface area (Å²) in [6, 6.07) is 0. The maximum Gasteiger partial charge on any atom is 0.373 e. The Kier molecular flexibility index (Phi) is 7.80. The van der Waals surface area contributed by atoms with Crippen LogP contribution in [0.15, 0.2) is 0 Å². The molecule has 11 heteroatoms. The predicted molar refractivity (Wildman–Crippen MR) is 68.7 cm³/mol. The molecule has 0 heterocycles. The van der Waals surface area contributed by atoms with Crippen molar-refractivity contribution in [3.63, 3.8) is 0 Å². The third kappa shape index (κ3) is 4.98. The molecule has 0 aromatic heterocycles.